The summed E-state index contributed by atoms with van der Waals surface area (Å²) in [6.45, 7) is 1.29. The van der Waals surface area contributed by atoms with Crippen LogP contribution in [0, 0.1) is 0 Å². The van der Waals surface area contributed by atoms with Gasteiger partial charge in [-0.15, -0.1) is 0 Å². The summed E-state index contributed by atoms with van der Waals surface area (Å²) in [6, 6.07) is 3.14. The highest BCUT2D eigenvalue weighted by Crippen LogP contribution is 2.31. The van der Waals surface area contributed by atoms with E-state index in [1.807, 2.05) is 4.90 Å². The SMILES string of the molecule is COc1cc(OC)c(CN2CCC(O)(CO)CC2)c(C(=O)O)c1. The smallest absolute Gasteiger partial charge is 0.336 e. The van der Waals surface area contributed by atoms with Gasteiger partial charge >= 0.3 is 5.97 Å². The molecule has 23 heavy (non-hydrogen) atoms. The Morgan fingerprint density at radius 2 is 1.91 bits per heavy atom. The van der Waals surface area contributed by atoms with Gasteiger partial charge in [-0.05, 0) is 18.9 Å². The first kappa shape index (κ1) is 17.5. The fraction of sp³-hybridized carbons (Fsp3) is 0.562. The van der Waals surface area contributed by atoms with Crippen LogP contribution >= 0.6 is 0 Å². The summed E-state index contributed by atoms with van der Waals surface area (Å²) in [6.07, 6.45) is 0.898. The summed E-state index contributed by atoms with van der Waals surface area (Å²) in [5.74, 6) is -0.151. The Kier molecular flexibility index (Phi) is 5.46. The zero-order valence-corrected chi connectivity index (χ0v) is 13.4. The number of aliphatic hydroxyl groups is 2. The molecule has 7 nitrogen and oxygen atoms in total. The van der Waals surface area contributed by atoms with Gasteiger partial charge in [0.1, 0.15) is 11.5 Å². The van der Waals surface area contributed by atoms with Crippen LogP contribution in [0.4, 0.5) is 0 Å². The lowest BCUT2D eigenvalue weighted by Crippen LogP contribution is -2.46. The average Bonchev–Trinajstić information content (AvgIpc) is 2.56. The van der Waals surface area contributed by atoms with Crippen molar-refractivity contribution in [2.45, 2.75) is 25.0 Å². The number of hydrogen-bond acceptors (Lipinski definition) is 6. The molecule has 0 amide bonds. The molecule has 0 atom stereocenters. The zero-order chi connectivity index (χ0) is 17.0. The summed E-state index contributed by atoms with van der Waals surface area (Å²) >= 11 is 0. The van der Waals surface area contributed by atoms with E-state index in [9.17, 15) is 20.1 Å². The van der Waals surface area contributed by atoms with Crippen LogP contribution in [-0.2, 0) is 6.54 Å². The van der Waals surface area contributed by atoms with Gasteiger partial charge in [0, 0.05) is 31.3 Å². The van der Waals surface area contributed by atoms with E-state index >= 15 is 0 Å². The van der Waals surface area contributed by atoms with Gasteiger partial charge < -0.3 is 24.8 Å². The quantitative estimate of drug-likeness (QED) is 0.709. The molecule has 0 aliphatic carbocycles. The number of carboxylic acid groups (broad SMARTS) is 1. The molecular formula is C16H23NO6. The number of methoxy groups -OCH3 is 2. The highest BCUT2D eigenvalue weighted by molar-refractivity contribution is 5.91. The lowest BCUT2D eigenvalue weighted by Gasteiger charge is -2.37. The number of nitrogens with zero attached hydrogens (tertiary/aromatic N) is 1. The van der Waals surface area contributed by atoms with Crippen molar-refractivity contribution in [2.75, 3.05) is 33.9 Å². The fourth-order valence-corrected chi connectivity index (χ4v) is 2.78. The molecule has 0 spiro atoms. The third kappa shape index (κ3) is 3.93. The number of aromatic carboxylic acids is 1. The van der Waals surface area contributed by atoms with Crippen molar-refractivity contribution in [2.24, 2.45) is 0 Å². The van der Waals surface area contributed by atoms with Crippen LogP contribution < -0.4 is 9.47 Å². The zero-order valence-electron chi connectivity index (χ0n) is 13.4. The van der Waals surface area contributed by atoms with Crippen molar-refractivity contribution in [1.29, 1.82) is 0 Å². The summed E-state index contributed by atoms with van der Waals surface area (Å²) < 4.78 is 10.4. The molecule has 0 bridgehead atoms. The molecule has 1 aromatic carbocycles. The number of carbonyl (C=O) groups is 1. The van der Waals surface area contributed by atoms with E-state index in [0.29, 0.717) is 49.5 Å². The first-order valence-corrected chi connectivity index (χ1v) is 7.46. The minimum Gasteiger partial charge on any atom is -0.497 e. The van der Waals surface area contributed by atoms with Gasteiger partial charge in [0.05, 0.1) is 32.0 Å². The van der Waals surface area contributed by atoms with Gasteiger partial charge in [0.2, 0.25) is 0 Å². The van der Waals surface area contributed by atoms with Gasteiger partial charge in [0.25, 0.3) is 0 Å². The Labute approximate surface area is 135 Å². The molecule has 1 heterocycles. The van der Waals surface area contributed by atoms with Crippen LogP contribution in [0.3, 0.4) is 0 Å². The molecule has 128 valence electrons. The van der Waals surface area contributed by atoms with E-state index in [4.69, 9.17) is 9.47 Å². The van der Waals surface area contributed by atoms with Crippen molar-refractivity contribution in [3.63, 3.8) is 0 Å². The second-order valence-electron chi connectivity index (χ2n) is 5.82. The Morgan fingerprint density at radius 1 is 1.26 bits per heavy atom. The van der Waals surface area contributed by atoms with Crippen LogP contribution in [0.5, 0.6) is 11.5 Å². The van der Waals surface area contributed by atoms with Gasteiger partial charge in [-0.3, -0.25) is 4.90 Å². The summed E-state index contributed by atoms with van der Waals surface area (Å²) in [5.41, 5.74) is -0.310. The standard InChI is InChI=1S/C16H23NO6/c1-22-11-7-12(15(19)20)13(14(8-11)23-2)9-17-5-3-16(21,10-18)4-6-17/h7-8,18,21H,3-6,9-10H2,1-2H3,(H,19,20). The molecular weight excluding hydrogens is 302 g/mol. The first-order valence-electron chi connectivity index (χ1n) is 7.46. The van der Waals surface area contributed by atoms with E-state index in [-0.39, 0.29) is 12.2 Å². The predicted octanol–water partition coefficient (Wildman–Crippen LogP) is 0.721. The molecule has 0 aromatic heterocycles. The summed E-state index contributed by atoms with van der Waals surface area (Å²) in [5, 5.41) is 28.7. The maximum Gasteiger partial charge on any atom is 0.336 e. The molecule has 2 rings (SSSR count). The number of aliphatic hydroxyl groups excluding tert-OH is 1. The summed E-state index contributed by atoms with van der Waals surface area (Å²) in [7, 11) is 2.96. The van der Waals surface area contributed by atoms with E-state index < -0.39 is 11.6 Å². The maximum atomic E-state index is 11.5. The molecule has 3 N–H and O–H groups in total. The minimum absolute atomic E-state index is 0.143. The normalized spacial score (nSPS) is 17.7. The molecule has 0 unspecified atom stereocenters. The molecule has 7 heteroatoms. The maximum absolute atomic E-state index is 11.5. The van der Waals surface area contributed by atoms with Crippen molar-refractivity contribution in [3.8, 4) is 11.5 Å². The molecule has 1 aromatic rings. The van der Waals surface area contributed by atoms with Crippen molar-refractivity contribution < 1.29 is 29.6 Å². The fourth-order valence-electron chi connectivity index (χ4n) is 2.78. The van der Waals surface area contributed by atoms with Crippen LogP contribution in [0.1, 0.15) is 28.8 Å². The largest absolute Gasteiger partial charge is 0.497 e. The van der Waals surface area contributed by atoms with Gasteiger partial charge in [-0.25, -0.2) is 4.79 Å². The van der Waals surface area contributed by atoms with E-state index in [1.165, 1.54) is 20.3 Å². The number of piperidine rings is 1. The van der Waals surface area contributed by atoms with Crippen molar-refractivity contribution in [1.82, 2.24) is 4.90 Å². The number of benzene rings is 1. The number of rotatable bonds is 6. The van der Waals surface area contributed by atoms with Crippen molar-refractivity contribution >= 4 is 5.97 Å². The minimum atomic E-state index is -1.04. The molecule has 1 saturated heterocycles. The molecule has 0 saturated carbocycles. The monoisotopic (exact) mass is 325 g/mol. The second kappa shape index (κ2) is 7.16. The number of carboxylic acids is 1. The van der Waals surface area contributed by atoms with Crippen LogP contribution in [0.2, 0.25) is 0 Å². The molecule has 1 aliphatic rings. The van der Waals surface area contributed by atoms with E-state index in [1.54, 1.807) is 6.07 Å². The average molecular weight is 325 g/mol. The Balaban J connectivity index is 2.24. The number of hydrogen-bond donors (Lipinski definition) is 3. The highest BCUT2D eigenvalue weighted by atomic mass is 16.5. The van der Waals surface area contributed by atoms with Gasteiger partial charge in [-0.2, -0.15) is 0 Å². The Bertz CT molecular complexity index is 566. The van der Waals surface area contributed by atoms with Gasteiger partial charge in [-0.1, -0.05) is 0 Å². The number of ether oxygens (including phenoxy) is 2. The van der Waals surface area contributed by atoms with Crippen molar-refractivity contribution in [3.05, 3.63) is 23.3 Å². The van der Waals surface area contributed by atoms with Gasteiger partial charge in [0.15, 0.2) is 0 Å². The highest BCUT2D eigenvalue weighted by Gasteiger charge is 2.32. The van der Waals surface area contributed by atoms with Crippen LogP contribution in [0.15, 0.2) is 12.1 Å². The molecule has 0 radical (unpaired) electrons. The van der Waals surface area contributed by atoms with E-state index in [0.717, 1.165) is 0 Å². The molecule has 1 fully saturated rings. The Morgan fingerprint density at radius 3 is 2.39 bits per heavy atom. The number of likely N-dealkylation sites (tertiary alicyclic amines) is 1. The topological polar surface area (TPSA) is 99.5 Å². The van der Waals surface area contributed by atoms with Crippen LogP contribution in [0.25, 0.3) is 0 Å². The molecule has 1 aliphatic heterocycles. The Hall–Kier alpha value is -1.83. The second-order valence-corrected chi connectivity index (χ2v) is 5.82. The third-order valence-electron chi connectivity index (χ3n) is 4.33. The first-order chi connectivity index (χ1) is 10.9. The van der Waals surface area contributed by atoms with E-state index in [2.05, 4.69) is 0 Å². The predicted molar refractivity (Wildman–Crippen MR) is 83.1 cm³/mol. The lowest BCUT2D eigenvalue weighted by molar-refractivity contribution is -0.0607. The van der Waals surface area contributed by atoms with Crippen LogP contribution in [-0.4, -0.2) is 65.7 Å². The lowest BCUT2D eigenvalue weighted by atomic mass is 9.92. The summed E-state index contributed by atoms with van der Waals surface area (Å²) in [4.78, 5) is 13.6. The third-order valence-corrected chi connectivity index (χ3v) is 4.33.